The lowest BCUT2D eigenvalue weighted by Gasteiger charge is -2.31. The van der Waals surface area contributed by atoms with Gasteiger partial charge in [0, 0.05) is 37.4 Å². The molecular weight excluding hydrogens is 308 g/mol. The number of nitrogens with two attached hydrogens (primary N) is 1. The van der Waals surface area contributed by atoms with E-state index < -0.39 is 0 Å². The lowest BCUT2D eigenvalue weighted by atomic mass is 9.97. The monoisotopic (exact) mass is 338 g/mol. The van der Waals surface area contributed by atoms with Crippen molar-refractivity contribution >= 4 is 11.5 Å². The number of nitrogens with zero attached hydrogens (tertiary/aromatic N) is 2. The second-order valence-corrected chi connectivity index (χ2v) is 6.86. The molecule has 4 heteroatoms. The Morgan fingerprint density at radius 2 is 2.00 bits per heavy atom. The molecule has 25 heavy (non-hydrogen) atoms. The lowest BCUT2D eigenvalue weighted by molar-refractivity contribution is 0.242. The fourth-order valence-electron chi connectivity index (χ4n) is 3.63. The maximum absolute atomic E-state index is 6.29. The van der Waals surface area contributed by atoms with Crippen LogP contribution in [0.1, 0.15) is 49.1 Å². The molecule has 0 atom stereocenters. The summed E-state index contributed by atoms with van der Waals surface area (Å²) in [7, 11) is 0. The van der Waals surface area contributed by atoms with E-state index in [0.29, 0.717) is 5.82 Å². The average Bonchev–Trinajstić information content (AvgIpc) is 2.62. The highest BCUT2D eigenvalue weighted by atomic mass is 15.1. The van der Waals surface area contributed by atoms with Crippen molar-refractivity contribution in [3.8, 4) is 0 Å². The van der Waals surface area contributed by atoms with Crippen LogP contribution in [-0.2, 0) is 25.9 Å². The Kier molecular flexibility index (Phi) is 5.92. The van der Waals surface area contributed by atoms with Crippen LogP contribution in [0.3, 0.4) is 0 Å². The molecule has 0 saturated heterocycles. The van der Waals surface area contributed by atoms with Gasteiger partial charge in [0.05, 0.1) is 5.69 Å². The molecule has 1 aromatic carbocycles. The summed E-state index contributed by atoms with van der Waals surface area (Å²) in [6, 6.07) is 10.7. The van der Waals surface area contributed by atoms with Crippen LogP contribution in [0.25, 0.3) is 0 Å². The molecule has 3 N–H and O–H groups in total. The van der Waals surface area contributed by atoms with Crippen molar-refractivity contribution in [2.45, 2.75) is 52.6 Å². The van der Waals surface area contributed by atoms with Crippen LogP contribution >= 0.6 is 0 Å². The SMILES string of the molecule is CCCCNc1c(CC)c(N)nc2c1CCN(Cc1ccccc1)C2. The Labute approximate surface area is 151 Å². The molecule has 0 fully saturated rings. The predicted octanol–water partition coefficient (Wildman–Crippen LogP) is 4.00. The van der Waals surface area contributed by atoms with Gasteiger partial charge in [0.15, 0.2) is 0 Å². The van der Waals surface area contributed by atoms with E-state index in [0.717, 1.165) is 44.7 Å². The molecule has 0 spiro atoms. The van der Waals surface area contributed by atoms with Crippen LogP contribution in [-0.4, -0.2) is 23.0 Å². The first-order chi connectivity index (χ1) is 12.2. The number of unbranched alkanes of at least 4 members (excludes halogenated alkanes) is 1. The van der Waals surface area contributed by atoms with Gasteiger partial charge in [0.25, 0.3) is 0 Å². The van der Waals surface area contributed by atoms with Crippen molar-refractivity contribution in [3.63, 3.8) is 0 Å². The summed E-state index contributed by atoms with van der Waals surface area (Å²) in [5.74, 6) is 0.696. The predicted molar refractivity (Wildman–Crippen MR) is 106 cm³/mol. The number of nitrogens with one attached hydrogen (secondary N) is 1. The number of benzene rings is 1. The van der Waals surface area contributed by atoms with E-state index in [1.807, 2.05) is 0 Å². The number of pyridine rings is 1. The van der Waals surface area contributed by atoms with Gasteiger partial charge in [-0.15, -0.1) is 0 Å². The zero-order chi connectivity index (χ0) is 17.6. The minimum absolute atomic E-state index is 0.696. The summed E-state index contributed by atoms with van der Waals surface area (Å²) in [5.41, 5.74) is 12.6. The molecule has 0 saturated carbocycles. The molecule has 1 aromatic heterocycles. The summed E-state index contributed by atoms with van der Waals surface area (Å²) in [5, 5.41) is 3.66. The average molecular weight is 338 g/mol. The quantitative estimate of drug-likeness (QED) is 0.749. The van der Waals surface area contributed by atoms with E-state index in [9.17, 15) is 0 Å². The van der Waals surface area contributed by atoms with Crippen molar-refractivity contribution in [1.29, 1.82) is 0 Å². The van der Waals surface area contributed by atoms with Crippen molar-refractivity contribution in [1.82, 2.24) is 9.88 Å². The third kappa shape index (κ3) is 4.13. The number of hydrogen-bond donors (Lipinski definition) is 2. The zero-order valence-corrected chi connectivity index (χ0v) is 15.5. The van der Waals surface area contributed by atoms with E-state index in [2.05, 4.69) is 54.4 Å². The highest BCUT2D eigenvalue weighted by Crippen LogP contribution is 2.32. The highest BCUT2D eigenvalue weighted by Gasteiger charge is 2.23. The maximum atomic E-state index is 6.29. The van der Waals surface area contributed by atoms with Crippen LogP contribution in [0.15, 0.2) is 30.3 Å². The molecule has 0 aliphatic carbocycles. The van der Waals surface area contributed by atoms with Crippen LogP contribution in [0.4, 0.5) is 11.5 Å². The van der Waals surface area contributed by atoms with Crippen LogP contribution < -0.4 is 11.1 Å². The Morgan fingerprint density at radius 1 is 1.20 bits per heavy atom. The summed E-state index contributed by atoms with van der Waals surface area (Å²) >= 11 is 0. The van der Waals surface area contributed by atoms with Gasteiger partial charge in [-0.25, -0.2) is 4.98 Å². The molecule has 2 aromatic rings. The molecule has 0 amide bonds. The Bertz CT molecular complexity index is 697. The highest BCUT2D eigenvalue weighted by molar-refractivity contribution is 5.67. The fourth-order valence-corrected chi connectivity index (χ4v) is 3.63. The van der Waals surface area contributed by atoms with Gasteiger partial charge in [-0.2, -0.15) is 0 Å². The van der Waals surface area contributed by atoms with Gasteiger partial charge in [-0.05, 0) is 30.4 Å². The number of aromatic nitrogens is 1. The molecule has 2 heterocycles. The minimum atomic E-state index is 0.696. The van der Waals surface area contributed by atoms with Crippen molar-refractivity contribution in [2.24, 2.45) is 0 Å². The summed E-state index contributed by atoms with van der Waals surface area (Å²) < 4.78 is 0. The van der Waals surface area contributed by atoms with E-state index in [-0.39, 0.29) is 0 Å². The van der Waals surface area contributed by atoms with Gasteiger partial charge in [0.2, 0.25) is 0 Å². The van der Waals surface area contributed by atoms with Gasteiger partial charge in [-0.1, -0.05) is 50.6 Å². The molecule has 4 nitrogen and oxygen atoms in total. The first kappa shape index (κ1) is 17.7. The number of hydrogen-bond acceptors (Lipinski definition) is 4. The topological polar surface area (TPSA) is 54.2 Å². The fraction of sp³-hybridized carbons (Fsp3) is 0.476. The number of rotatable bonds is 7. The number of fused-ring (bicyclic) bond motifs is 1. The smallest absolute Gasteiger partial charge is 0.128 e. The number of anilines is 2. The third-order valence-electron chi connectivity index (χ3n) is 5.00. The molecule has 1 aliphatic rings. The molecular formula is C21H30N4. The second-order valence-electron chi connectivity index (χ2n) is 6.86. The van der Waals surface area contributed by atoms with Gasteiger partial charge < -0.3 is 11.1 Å². The number of nitrogen functional groups attached to an aromatic ring is 1. The molecule has 134 valence electrons. The van der Waals surface area contributed by atoms with Crippen molar-refractivity contribution in [2.75, 3.05) is 24.1 Å². The van der Waals surface area contributed by atoms with Crippen molar-refractivity contribution in [3.05, 3.63) is 52.7 Å². The maximum Gasteiger partial charge on any atom is 0.128 e. The first-order valence-electron chi connectivity index (χ1n) is 9.53. The van der Waals surface area contributed by atoms with Gasteiger partial charge in [-0.3, -0.25) is 4.90 Å². The molecule has 0 bridgehead atoms. The standard InChI is InChI=1S/C21H30N4/c1-3-5-12-23-20-17(4-2)21(22)24-19-15-25(13-11-18(19)20)14-16-9-7-6-8-10-16/h6-10H,3-5,11-15H2,1-2H3,(H3,22,23,24). The van der Waals surface area contributed by atoms with Crippen molar-refractivity contribution < 1.29 is 0 Å². The largest absolute Gasteiger partial charge is 0.384 e. The normalized spacial score (nSPS) is 14.3. The Balaban J connectivity index is 1.82. The summed E-state index contributed by atoms with van der Waals surface area (Å²) in [6.07, 6.45) is 4.34. The zero-order valence-electron chi connectivity index (χ0n) is 15.5. The summed E-state index contributed by atoms with van der Waals surface area (Å²) in [6.45, 7) is 8.30. The van der Waals surface area contributed by atoms with E-state index in [1.54, 1.807) is 0 Å². The van der Waals surface area contributed by atoms with Gasteiger partial charge in [0.1, 0.15) is 5.82 Å². The molecule has 0 radical (unpaired) electrons. The van der Waals surface area contributed by atoms with E-state index in [1.165, 1.54) is 35.2 Å². The first-order valence-corrected chi connectivity index (χ1v) is 9.53. The van der Waals surface area contributed by atoms with E-state index >= 15 is 0 Å². The Morgan fingerprint density at radius 3 is 2.72 bits per heavy atom. The van der Waals surface area contributed by atoms with E-state index in [4.69, 9.17) is 10.7 Å². The molecule has 0 unspecified atom stereocenters. The third-order valence-corrected chi connectivity index (χ3v) is 5.00. The van der Waals surface area contributed by atoms with Crippen LogP contribution in [0.5, 0.6) is 0 Å². The Hall–Kier alpha value is -2.07. The minimum Gasteiger partial charge on any atom is -0.384 e. The van der Waals surface area contributed by atoms with Gasteiger partial charge >= 0.3 is 0 Å². The van der Waals surface area contributed by atoms with Crippen LogP contribution in [0, 0.1) is 0 Å². The lowest BCUT2D eigenvalue weighted by Crippen LogP contribution is -2.32. The second kappa shape index (κ2) is 8.34. The summed E-state index contributed by atoms with van der Waals surface area (Å²) in [4.78, 5) is 7.23. The van der Waals surface area contributed by atoms with Crippen LogP contribution in [0.2, 0.25) is 0 Å². The molecule has 1 aliphatic heterocycles. The molecule has 3 rings (SSSR count).